The van der Waals surface area contributed by atoms with Crippen LogP contribution in [0, 0.1) is 0 Å². The van der Waals surface area contributed by atoms with Gasteiger partial charge in [0.2, 0.25) is 0 Å². The molecule has 0 aliphatic heterocycles. The second-order valence-corrected chi connectivity index (χ2v) is 2.94. The van der Waals surface area contributed by atoms with Gasteiger partial charge in [-0.1, -0.05) is 12.2 Å². The van der Waals surface area contributed by atoms with Crippen LogP contribution < -0.4 is 0 Å². The summed E-state index contributed by atoms with van der Waals surface area (Å²) in [6.45, 7) is 1.74. The van der Waals surface area contributed by atoms with Crippen molar-refractivity contribution in [2.24, 2.45) is 0 Å². The topological polar surface area (TPSA) is 20.2 Å². The van der Waals surface area contributed by atoms with Gasteiger partial charge in [0.15, 0.2) is 0 Å². The van der Waals surface area contributed by atoms with Crippen LogP contribution >= 0.6 is 11.3 Å². The highest BCUT2D eigenvalue weighted by atomic mass is 32.1. The second-order valence-electron chi connectivity index (χ2n) is 2.16. The van der Waals surface area contributed by atoms with Crippen LogP contribution in [-0.4, -0.2) is 11.2 Å². The zero-order chi connectivity index (χ0) is 7.40. The maximum absolute atomic E-state index is 8.87. The lowest BCUT2D eigenvalue weighted by molar-refractivity contribution is 0.245. The van der Waals surface area contributed by atoms with E-state index in [4.69, 9.17) is 5.11 Å². The van der Waals surface area contributed by atoms with E-state index in [9.17, 15) is 0 Å². The molecule has 54 valence electrons. The molecule has 0 aliphatic carbocycles. The molecule has 1 rings (SSSR count). The Balaban J connectivity index is 2.55. The lowest BCUT2D eigenvalue weighted by Gasteiger charge is -1.90. The molecule has 0 fully saturated rings. The van der Waals surface area contributed by atoms with E-state index >= 15 is 0 Å². The molecular weight excluding hydrogens is 144 g/mol. The number of hydrogen-bond acceptors (Lipinski definition) is 2. The second kappa shape index (κ2) is 3.54. The summed E-state index contributed by atoms with van der Waals surface area (Å²) < 4.78 is 0. The minimum absolute atomic E-state index is 0.347. The van der Waals surface area contributed by atoms with Crippen molar-refractivity contribution in [1.29, 1.82) is 0 Å². The van der Waals surface area contributed by atoms with E-state index in [0.717, 1.165) is 5.56 Å². The Bertz CT molecular complexity index is 199. The van der Waals surface area contributed by atoms with Crippen LogP contribution in [0.2, 0.25) is 0 Å². The van der Waals surface area contributed by atoms with E-state index in [1.54, 1.807) is 24.3 Å². The molecule has 1 aromatic rings. The van der Waals surface area contributed by atoms with Gasteiger partial charge >= 0.3 is 0 Å². The summed E-state index contributed by atoms with van der Waals surface area (Å²) in [5.41, 5.74) is 1.16. The monoisotopic (exact) mass is 154 g/mol. The number of hydrogen-bond donors (Lipinski definition) is 1. The van der Waals surface area contributed by atoms with Crippen molar-refractivity contribution >= 4 is 17.4 Å². The van der Waals surface area contributed by atoms with Crippen molar-refractivity contribution in [2.45, 2.75) is 13.0 Å². The molecule has 0 bridgehead atoms. The average Bonchev–Trinajstić information content (AvgIpc) is 2.34. The third-order valence-corrected chi connectivity index (χ3v) is 1.81. The Morgan fingerprint density at radius 3 is 3.00 bits per heavy atom. The predicted molar refractivity (Wildman–Crippen MR) is 45.0 cm³/mol. The molecule has 1 aromatic heterocycles. The Hall–Kier alpha value is -0.600. The van der Waals surface area contributed by atoms with Crippen molar-refractivity contribution in [3.05, 3.63) is 28.5 Å². The molecule has 2 heteroatoms. The molecule has 0 saturated carbocycles. The predicted octanol–water partition coefficient (Wildman–Crippen LogP) is 2.14. The van der Waals surface area contributed by atoms with E-state index in [1.807, 2.05) is 22.9 Å². The molecular formula is C8H10OS. The third kappa shape index (κ3) is 2.33. The zero-order valence-electron chi connectivity index (χ0n) is 5.82. The fourth-order valence-electron chi connectivity index (χ4n) is 0.620. The lowest BCUT2D eigenvalue weighted by Crippen LogP contribution is -1.90. The first-order valence-corrected chi connectivity index (χ1v) is 4.12. The van der Waals surface area contributed by atoms with Crippen molar-refractivity contribution in [3.63, 3.8) is 0 Å². The summed E-state index contributed by atoms with van der Waals surface area (Å²) >= 11 is 1.66. The maximum Gasteiger partial charge on any atom is 0.0696 e. The van der Waals surface area contributed by atoms with Crippen molar-refractivity contribution < 1.29 is 5.11 Å². The van der Waals surface area contributed by atoms with E-state index in [-0.39, 0.29) is 6.10 Å². The van der Waals surface area contributed by atoms with Crippen LogP contribution in [0.5, 0.6) is 0 Å². The molecule has 0 radical (unpaired) electrons. The average molecular weight is 154 g/mol. The molecule has 0 saturated heterocycles. The molecule has 1 heterocycles. The summed E-state index contributed by atoms with van der Waals surface area (Å²) in [6, 6.07) is 2.02. The van der Waals surface area contributed by atoms with Gasteiger partial charge in [0.25, 0.3) is 0 Å². The summed E-state index contributed by atoms with van der Waals surface area (Å²) in [6.07, 6.45) is 3.34. The molecule has 1 nitrogen and oxygen atoms in total. The van der Waals surface area contributed by atoms with Crippen molar-refractivity contribution in [2.75, 3.05) is 0 Å². The maximum atomic E-state index is 8.87. The summed E-state index contributed by atoms with van der Waals surface area (Å²) in [4.78, 5) is 0. The number of aliphatic hydroxyl groups is 1. The first-order valence-electron chi connectivity index (χ1n) is 3.17. The highest BCUT2D eigenvalue weighted by Gasteiger charge is 1.87. The summed E-state index contributed by atoms with van der Waals surface area (Å²) in [5.74, 6) is 0. The van der Waals surface area contributed by atoms with Crippen LogP contribution in [0.3, 0.4) is 0 Å². The van der Waals surface area contributed by atoms with Crippen LogP contribution in [0.25, 0.3) is 6.08 Å². The molecule has 1 unspecified atom stereocenters. The molecule has 0 aromatic carbocycles. The van der Waals surface area contributed by atoms with Crippen LogP contribution in [-0.2, 0) is 0 Å². The van der Waals surface area contributed by atoms with E-state index in [2.05, 4.69) is 0 Å². The van der Waals surface area contributed by atoms with Gasteiger partial charge in [-0.3, -0.25) is 0 Å². The van der Waals surface area contributed by atoms with E-state index in [0.29, 0.717) is 0 Å². The largest absolute Gasteiger partial charge is 0.389 e. The van der Waals surface area contributed by atoms with Gasteiger partial charge < -0.3 is 5.11 Å². The SMILES string of the molecule is CC(O)/C=C/c1ccsc1. The normalized spacial score (nSPS) is 14.2. The first-order chi connectivity index (χ1) is 4.79. The number of aliphatic hydroxyl groups excluding tert-OH is 1. The molecule has 10 heavy (non-hydrogen) atoms. The minimum Gasteiger partial charge on any atom is -0.389 e. The van der Waals surface area contributed by atoms with Crippen LogP contribution in [0.1, 0.15) is 12.5 Å². The molecule has 1 atom stereocenters. The van der Waals surface area contributed by atoms with Crippen LogP contribution in [0.4, 0.5) is 0 Å². The van der Waals surface area contributed by atoms with E-state index < -0.39 is 0 Å². The summed E-state index contributed by atoms with van der Waals surface area (Å²) in [7, 11) is 0. The molecule has 0 amide bonds. The van der Waals surface area contributed by atoms with Gasteiger partial charge in [0.05, 0.1) is 6.10 Å². The fourth-order valence-corrected chi connectivity index (χ4v) is 1.25. The standard InChI is InChI=1S/C8H10OS/c1-7(9)2-3-8-4-5-10-6-8/h2-7,9H,1H3/b3-2+. The minimum atomic E-state index is -0.347. The van der Waals surface area contributed by atoms with Gasteiger partial charge in [-0.25, -0.2) is 0 Å². The van der Waals surface area contributed by atoms with Gasteiger partial charge in [0, 0.05) is 0 Å². The Morgan fingerprint density at radius 1 is 1.70 bits per heavy atom. The number of rotatable bonds is 2. The van der Waals surface area contributed by atoms with Gasteiger partial charge in [0.1, 0.15) is 0 Å². The van der Waals surface area contributed by atoms with Crippen LogP contribution in [0.15, 0.2) is 22.9 Å². The lowest BCUT2D eigenvalue weighted by atomic mass is 10.3. The summed E-state index contributed by atoms with van der Waals surface area (Å²) in [5, 5.41) is 12.9. The number of thiophene rings is 1. The van der Waals surface area contributed by atoms with E-state index in [1.165, 1.54) is 0 Å². The quantitative estimate of drug-likeness (QED) is 0.692. The first kappa shape index (κ1) is 7.51. The highest BCUT2D eigenvalue weighted by Crippen LogP contribution is 2.07. The zero-order valence-corrected chi connectivity index (χ0v) is 6.64. The molecule has 0 aliphatic rings. The Labute approximate surface area is 64.6 Å². The Morgan fingerprint density at radius 2 is 2.50 bits per heavy atom. The molecule has 1 N–H and O–H groups in total. The smallest absolute Gasteiger partial charge is 0.0696 e. The van der Waals surface area contributed by atoms with Gasteiger partial charge in [-0.2, -0.15) is 11.3 Å². The van der Waals surface area contributed by atoms with Crippen molar-refractivity contribution in [1.82, 2.24) is 0 Å². The van der Waals surface area contributed by atoms with Gasteiger partial charge in [-0.15, -0.1) is 0 Å². The highest BCUT2D eigenvalue weighted by molar-refractivity contribution is 7.08. The van der Waals surface area contributed by atoms with Gasteiger partial charge in [-0.05, 0) is 29.3 Å². The molecule has 0 spiro atoms. The van der Waals surface area contributed by atoms with Crippen molar-refractivity contribution in [3.8, 4) is 0 Å². The Kier molecular flexibility index (Phi) is 2.66. The fraction of sp³-hybridized carbons (Fsp3) is 0.250. The third-order valence-electron chi connectivity index (χ3n) is 1.11.